The molecule has 0 aromatic carbocycles. The lowest BCUT2D eigenvalue weighted by atomic mass is 9.73. The summed E-state index contributed by atoms with van der Waals surface area (Å²) in [7, 11) is 2.13. The van der Waals surface area contributed by atoms with Crippen molar-refractivity contribution in [1.82, 2.24) is 9.80 Å². The number of likely N-dealkylation sites (N-methyl/N-ethyl adjacent to an activating group) is 1. The Bertz CT molecular complexity index is 403. The first-order valence-corrected chi connectivity index (χ1v) is 8.26. The van der Waals surface area contributed by atoms with E-state index in [0.717, 1.165) is 39.0 Å². The van der Waals surface area contributed by atoms with Crippen molar-refractivity contribution in [2.75, 3.05) is 39.9 Å². The van der Waals surface area contributed by atoms with Gasteiger partial charge in [-0.25, -0.2) is 4.39 Å². The van der Waals surface area contributed by atoms with Gasteiger partial charge >= 0.3 is 0 Å². The first kappa shape index (κ1) is 15.2. The molecule has 120 valence electrons. The molecule has 0 bridgehead atoms. The third-order valence-electron chi connectivity index (χ3n) is 5.70. The van der Waals surface area contributed by atoms with Crippen LogP contribution >= 0.6 is 0 Å². The quantitative estimate of drug-likeness (QED) is 0.794. The fourth-order valence-electron chi connectivity index (χ4n) is 4.00. The van der Waals surface area contributed by atoms with E-state index < -0.39 is 5.67 Å². The van der Waals surface area contributed by atoms with E-state index in [0.29, 0.717) is 31.8 Å². The molecule has 0 radical (unpaired) electrons. The molecule has 2 saturated heterocycles. The van der Waals surface area contributed by atoms with Crippen LogP contribution in [0.25, 0.3) is 0 Å². The smallest absolute Gasteiger partial charge is 0.260 e. The van der Waals surface area contributed by atoms with Crippen LogP contribution in [0, 0.1) is 5.92 Å². The normalized spacial score (nSPS) is 30.8. The number of rotatable bonds is 4. The van der Waals surface area contributed by atoms with Crippen molar-refractivity contribution >= 4 is 5.91 Å². The molecule has 3 aliphatic rings. The molecule has 21 heavy (non-hydrogen) atoms. The first-order valence-electron chi connectivity index (χ1n) is 8.26. The molecule has 1 atom stereocenters. The van der Waals surface area contributed by atoms with Crippen LogP contribution in [0.3, 0.4) is 0 Å². The average Bonchev–Trinajstić information content (AvgIpc) is 2.40. The number of halogens is 1. The second-order valence-corrected chi connectivity index (χ2v) is 7.14. The summed E-state index contributed by atoms with van der Waals surface area (Å²) in [5, 5.41) is 0. The largest absolute Gasteiger partial charge is 0.381 e. The summed E-state index contributed by atoms with van der Waals surface area (Å²) in [5.41, 5.74) is -1.48. The number of likely N-dealkylation sites (tertiary alicyclic amines) is 2. The van der Waals surface area contributed by atoms with Gasteiger partial charge in [0.15, 0.2) is 5.67 Å². The minimum Gasteiger partial charge on any atom is -0.381 e. The lowest BCUT2D eigenvalue weighted by molar-refractivity contribution is -0.168. The van der Waals surface area contributed by atoms with Gasteiger partial charge in [-0.05, 0) is 58.5 Å². The summed E-state index contributed by atoms with van der Waals surface area (Å²) in [6.45, 7) is 6.02. The lowest BCUT2D eigenvalue weighted by Crippen LogP contribution is -2.74. The molecule has 3 rings (SSSR count). The van der Waals surface area contributed by atoms with Crippen molar-refractivity contribution in [2.24, 2.45) is 5.92 Å². The number of amides is 1. The summed E-state index contributed by atoms with van der Waals surface area (Å²) >= 11 is 0. The number of carbonyl (C=O) groups is 1. The Kier molecular flexibility index (Phi) is 3.99. The van der Waals surface area contributed by atoms with Crippen LogP contribution < -0.4 is 0 Å². The number of alkyl halides is 1. The van der Waals surface area contributed by atoms with Gasteiger partial charge in [0.2, 0.25) is 0 Å². The van der Waals surface area contributed by atoms with Crippen LogP contribution in [0.2, 0.25) is 0 Å². The number of ether oxygens (including phenoxy) is 1. The predicted octanol–water partition coefficient (Wildman–Crippen LogP) is 1.84. The molecular formula is C16H27FN2O2. The molecule has 2 heterocycles. The van der Waals surface area contributed by atoms with Crippen molar-refractivity contribution < 1.29 is 13.9 Å². The fourth-order valence-corrected chi connectivity index (χ4v) is 4.00. The highest BCUT2D eigenvalue weighted by atomic mass is 19.1. The van der Waals surface area contributed by atoms with Gasteiger partial charge in [0.1, 0.15) is 0 Å². The molecule has 1 saturated carbocycles. The maximum absolute atomic E-state index is 14.2. The van der Waals surface area contributed by atoms with Gasteiger partial charge in [-0.3, -0.25) is 9.69 Å². The molecule has 0 aromatic heterocycles. The Balaban J connectivity index is 1.57. The van der Waals surface area contributed by atoms with Crippen LogP contribution in [0.15, 0.2) is 0 Å². The van der Waals surface area contributed by atoms with Gasteiger partial charge in [0.05, 0.1) is 5.54 Å². The number of hydrogen-bond acceptors (Lipinski definition) is 3. The summed E-state index contributed by atoms with van der Waals surface area (Å²) in [6, 6.07) is 0. The van der Waals surface area contributed by atoms with E-state index in [-0.39, 0.29) is 11.4 Å². The van der Waals surface area contributed by atoms with Gasteiger partial charge in [-0.15, -0.1) is 0 Å². The van der Waals surface area contributed by atoms with Crippen LogP contribution in [0.4, 0.5) is 4.39 Å². The third kappa shape index (κ3) is 2.59. The number of piperidine rings is 1. The van der Waals surface area contributed by atoms with Crippen molar-refractivity contribution in [3.8, 4) is 0 Å². The van der Waals surface area contributed by atoms with Crippen LogP contribution in [-0.4, -0.2) is 66.8 Å². The second-order valence-electron chi connectivity index (χ2n) is 7.14. The van der Waals surface area contributed by atoms with E-state index in [2.05, 4.69) is 11.9 Å². The number of nitrogens with zero attached hydrogens (tertiary/aromatic N) is 2. The van der Waals surface area contributed by atoms with E-state index >= 15 is 0 Å². The maximum Gasteiger partial charge on any atom is 0.260 e. The molecule has 1 spiro atoms. The molecule has 2 aliphatic heterocycles. The van der Waals surface area contributed by atoms with Crippen molar-refractivity contribution in [3.05, 3.63) is 0 Å². The highest BCUT2D eigenvalue weighted by molar-refractivity contribution is 5.87. The molecule has 4 nitrogen and oxygen atoms in total. The van der Waals surface area contributed by atoms with Crippen LogP contribution in [-0.2, 0) is 9.53 Å². The summed E-state index contributed by atoms with van der Waals surface area (Å²) in [4.78, 5) is 16.3. The van der Waals surface area contributed by atoms with Gasteiger partial charge in [0, 0.05) is 26.3 Å². The van der Waals surface area contributed by atoms with E-state index in [1.807, 2.05) is 6.92 Å². The minimum atomic E-state index is -1.54. The highest BCUT2D eigenvalue weighted by Crippen LogP contribution is 2.43. The Morgan fingerprint density at radius 3 is 2.67 bits per heavy atom. The molecule has 0 aromatic rings. The van der Waals surface area contributed by atoms with Gasteiger partial charge in [-0.1, -0.05) is 0 Å². The van der Waals surface area contributed by atoms with E-state index in [1.165, 1.54) is 0 Å². The Morgan fingerprint density at radius 1 is 1.38 bits per heavy atom. The Labute approximate surface area is 126 Å². The average molecular weight is 298 g/mol. The van der Waals surface area contributed by atoms with Gasteiger partial charge < -0.3 is 9.64 Å². The molecule has 3 fully saturated rings. The number of hydrogen-bond donors (Lipinski definition) is 0. The molecule has 0 unspecified atom stereocenters. The fraction of sp³-hybridized carbons (Fsp3) is 0.938. The summed E-state index contributed by atoms with van der Waals surface area (Å²) in [5.74, 6) is 0.307. The molecule has 1 amide bonds. The predicted molar refractivity (Wildman–Crippen MR) is 78.8 cm³/mol. The molecular weight excluding hydrogens is 271 g/mol. The lowest BCUT2D eigenvalue weighted by Gasteiger charge is -2.59. The number of carbonyl (C=O) groups excluding carboxylic acids is 1. The zero-order valence-electron chi connectivity index (χ0n) is 13.2. The van der Waals surface area contributed by atoms with Crippen molar-refractivity contribution in [1.29, 1.82) is 0 Å². The second kappa shape index (κ2) is 5.51. The van der Waals surface area contributed by atoms with E-state index in [9.17, 15) is 9.18 Å². The molecule has 0 N–H and O–H groups in total. The molecule has 5 heteroatoms. The molecule has 1 aliphatic carbocycles. The summed E-state index contributed by atoms with van der Waals surface area (Å²) in [6.07, 6.45) is 3.89. The maximum atomic E-state index is 14.2. The van der Waals surface area contributed by atoms with Crippen LogP contribution in [0.1, 0.15) is 39.0 Å². The summed E-state index contributed by atoms with van der Waals surface area (Å²) < 4.78 is 19.8. The van der Waals surface area contributed by atoms with Gasteiger partial charge in [-0.2, -0.15) is 0 Å². The zero-order chi connectivity index (χ0) is 15.1. The van der Waals surface area contributed by atoms with E-state index in [1.54, 1.807) is 4.90 Å². The SMILES string of the molecule is CCOC[C@@H]1CCN(C)C2(C1)CN(C(=O)C1(F)CCC1)C2. The Hall–Kier alpha value is -0.680. The standard InChI is InChI=1S/C16H27FN2O2/c1-3-21-10-13-5-8-18(2)15(9-13)11-19(12-15)14(20)16(17)6-4-7-16/h13H,3-12H2,1-2H3/t13-/m1/s1. The van der Waals surface area contributed by atoms with Gasteiger partial charge in [0.25, 0.3) is 5.91 Å². The van der Waals surface area contributed by atoms with Crippen molar-refractivity contribution in [2.45, 2.75) is 50.2 Å². The third-order valence-corrected chi connectivity index (χ3v) is 5.70. The van der Waals surface area contributed by atoms with Crippen LogP contribution in [0.5, 0.6) is 0 Å². The highest BCUT2D eigenvalue weighted by Gasteiger charge is 2.56. The topological polar surface area (TPSA) is 32.8 Å². The van der Waals surface area contributed by atoms with E-state index in [4.69, 9.17) is 4.74 Å². The first-order chi connectivity index (χ1) is 9.99. The zero-order valence-corrected chi connectivity index (χ0v) is 13.2. The Morgan fingerprint density at radius 2 is 2.10 bits per heavy atom. The minimum absolute atomic E-state index is 0.0653. The monoisotopic (exact) mass is 298 g/mol. The van der Waals surface area contributed by atoms with Crippen molar-refractivity contribution in [3.63, 3.8) is 0 Å².